The number of hydrogen-bond donors (Lipinski definition) is 2. The molecular formula is C96H95Cl3F11N3O17S5. The summed E-state index contributed by atoms with van der Waals surface area (Å²) in [7, 11) is -15.8. The second-order valence-electron chi connectivity index (χ2n) is 28.7. The number of nitrogens with zero attached hydrogens (tertiary/aromatic N) is 3. The maximum Gasteiger partial charge on any atom is 0.586 e. The van der Waals surface area contributed by atoms with E-state index in [4.69, 9.17) is 70.3 Å². The van der Waals surface area contributed by atoms with Crippen molar-refractivity contribution in [3.63, 3.8) is 0 Å². The van der Waals surface area contributed by atoms with E-state index < -0.39 is 78.0 Å². The Morgan fingerprint density at radius 3 is 1.30 bits per heavy atom. The van der Waals surface area contributed by atoms with Crippen LogP contribution in [0.15, 0.2) is 273 Å². The summed E-state index contributed by atoms with van der Waals surface area (Å²) >= 11 is 16.9. The Balaban J connectivity index is 0.000000499. The summed E-state index contributed by atoms with van der Waals surface area (Å²) < 4.78 is 265. The van der Waals surface area contributed by atoms with Gasteiger partial charge in [-0.3, -0.25) is 0 Å². The van der Waals surface area contributed by atoms with Crippen LogP contribution < -0.4 is 23.7 Å². The zero-order valence-corrected chi connectivity index (χ0v) is 81.8. The topological polar surface area (TPSA) is 329 Å². The molecule has 0 aliphatic carbocycles. The van der Waals surface area contributed by atoms with Gasteiger partial charge in [-0.2, -0.15) is 37.7 Å². The first kappa shape index (κ1) is 119. The Morgan fingerprint density at radius 2 is 0.874 bits per heavy atom. The predicted octanol–water partition coefficient (Wildman–Crippen LogP) is 24.8. The SMILES string of the molecule is COc1cc(C)ccc1O.COc1ccc(C)c(O)c1.Cc1ccc(C#N)cc1F.Cc1ccc(Cl)cc1S(C)(=O)=O.Cc1ccc(OC(F)(F)F)c(Cl)c1.Cc1ccc(S(=O)(=O)C(F)(F)F)cc1.Cc1ccc(S(=O)(=O)C(F)F)cc1.Cc1ccc(S(C)(=O)=O)cc1Cl.Cc1cccc(C#N)c1.Cc1cccc(S(C)(=O)=O)c1.Cc1cccc2c1OC(F)(F)O2.Cc1ccccc1C#N. The van der Waals surface area contributed by atoms with Crippen molar-refractivity contribution in [1.29, 1.82) is 15.8 Å². The minimum Gasteiger partial charge on any atom is -0.508 e. The molecule has 2 N–H and O–H groups in total. The number of para-hydroxylation sites is 1. The highest BCUT2D eigenvalue weighted by Crippen LogP contribution is 2.43. The fraction of sp³-hybridized carbons (Fsp3) is 0.219. The van der Waals surface area contributed by atoms with Crippen LogP contribution in [-0.4, -0.2) is 109 Å². The van der Waals surface area contributed by atoms with Crippen LogP contribution in [0, 0.1) is 123 Å². The van der Waals surface area contributed by atoms with E-state index in [9.17, 15) is 90.4 Å². The number of fused-ring (bicyclic) bond motifs is 1. The average molecular weight is 2040 g/mol. The fourth-order valence-electron chi connectivity index (χ4n) is 9.80. The van der Waals surface area contributed by atoms with Gasteiger partial charge in [0.1, 0.15) is 23.1 Å². The Labute approximate surface area is 794 Å². The predicted molar refractivity (Wildman–Crippen MR) is 498 cm³/mol. The second-order valence-corrected chi connectivity index (χ2v) is 39.8. The number of sulfone groups is 5. The number of nitriles is 3. The lowest BCUT2D eigenvalue weighted by molar-refractivity contribution is -0.287. The largest absolute Gasteiger partial charge is 0.586 e. The van der Waals surface area contributed by atoms with Crippen molar-refractivity contribution in [3.8, 4) is 58.5 Å². The molecule has 0 unspecified atom stereocenters. The van der Waals surface area contributed by atoms with Gasteiger partial charge in [0.25, 0.3) is 9.84 Å². The molecule has 0 atom stereocenters. The number of ether oxygens (including phenoxy) is 5. The lowest BCUT2D eigenvalue weighted by Gasteiger charge is -2.10. The van der Waals surface area contributed by atoms with Gasteiger partial charge >= 0.3 is 23.9 Å². The number of rotatable bonds is 9. The third kappa shape index (κ3) is 43.2. The molecule has 135 heavy (non-hydrogen) atoms. The van der Waals surface area contributed by atoms with Crippen molar-refractivity contribution in [2.75, 3.05) is 33.0 Å². The van der Waals surface area contributed by atoms with E-state index in [0.29, 0.717) is 53.6 Å². The number of aromatic hydroxyl groups is 2. The van der Waals surface area contributed by atoms with E-state index in [2.05, 4.69) is 26.3 Å². The standard InChI is InChI=1S/C8H6ClF3O.2C8H9ClO2S.C8H7F3O2S.C8H8F2O2S.C8H6F2O2.C8H6FN.2C8H7N.C8H10O2S.2C8H10O2/c1-5-2-3-7(6(9)4-5)13-8(10,11)12;1-6-3-4-7(5-8(6)9)12(2,10)11;1-6-3-4-7(9)5-8(6)12(2,10)11;1-6-2-4-7(5-3-6)14(12,13)8(9,10)11;1-6-2-4-7(5-3-6)13(11,12)8(9)10;1-5-3-2-4-6-7(5)12-8(9,10)11-6;1-6-2-3-7(5-10)4-8(6)9;1-7-3-2-4-8(5-7)6-9;1-7-4-2-3-5-8(7)6-9;1-7-4-3-5-8(6-7)11(2,9)10;1-6-3-4-7(10-2)5-8(6)9;1-6-3-4-7(9)8(5-6)10-2/h2-4H,1H3;2*3-5H,1-2H3;2-5H,1H3;2-5,8H,1H3;2-4H,1H3;2-4H,1H3;2*2-5H,1H3;3-6H,1-2H3;2*3-5,9H,1-2H3. The molecular weight excluding hydrogens is 1940 g/mol. The van der Waals surface area contributed by atoms with Gasteiger partial charge in [-0.1, -0.05) is 161 Å². The summed E-state index contributed by atoms with van der Waals surface area (Å²) in [6.07, 6.45) is -4.66. The molecule has 12 aromatic rings. The van der Waals surface area contributed by atoms with Crippen LogP contribution in [0.25, 0.3) is 0 Å². The zero-order valence-electron chi connectivity index (χ0n) is 75.4. The summed E-state index contributed by atoms with van der Waals surface area (Å²) in [4.78, 5) is -0.116. The number of phenolic OH excluding ortho intramolecular Hbond substituents is 2. The van der Waals surface area contributed by atoms with Crippen LogP contribution in [-0.2, 0) is 49.2 Å². The normalized spacial score (nSPS) is 11.4. The molecule has 0 amide bonds. The van der Waals surface area contributed by atoms with Gasteiger partial charge in [-0.25, -0.2) is 46.5 Å². The molecule has 1 aliphatic heterocycles. The Kier molecular flexibility index (Phi) is 47.6. The highest BCUT2D eigenvalue weighted by atomic mass is 35.5. The van der Waals surface area contributed by atoms with Gasteiger partial charge in [-0.05, 0) is 266 Å². The van der Waals surface area contributed by atoms with Crippen molar-refractivity contribution in [2.45, 2.75) is 131 Å². The molecule has 0 aromatic heterocycles. The Morgan fingerprint density at radius 1 is 0.400 bits per heavy atom. The first-order chi connectivity index (χ1) is 62.4. The smallest absolute Gasteiger partial charge is 0.508 e. The maximum absolute atomic E-state index is 12.6. The van der Waals surface area contributed by atoms with Crippen LogP contribution in [0.4, 0.5) is 48.3 Å². The number of alkyl halides is 10. The molecule has 13 rings (SSSR count). The van der Waals surface area contributed by atoms with E-state index in [1.807, 2.05) is 114 Å². The van der Waals surface area contributed by atoms with Crippen molar-refractivity contribution in [3.05, 3.63) is 353 Å². The van der Waals surface area contributed by atoms with E-state index >= 15 is 0 Å². The first-order valence-corrected chi connectivity index (χ1v) is 48.5. The molecule has 0 saturated heterocycles. The number of phenols is 2. The number of halogens is 14. The van der Waals surface area contributed by atoms with Gasteiger partial charge in [0, 0.05) is 34.9 Å². The van der Waals surface area contributed by atoms with Gasteiger partial charge in [-0.15, -0.1) is 22.0 Å². The van der Waals surface area contributed by atoms with Crippen molar-refractivity contribution >= 4 is 84.0 Å². The summed E-state index contributed by atoms with van der Waals surface area (Å²) in [5, 5.41) is 44.4. The molecule has 12 aromatic carbocycles. The van der Waals surface area contributed by atoms with Crippen LogP contribution >= 0.6 is 34.8 Å². The van der Waals surface area contributed by atoms with Gasteiger partial charge < -0.3 is 33.9 Å². The molecule has 1 aliphatic rings. The average Bonchev–Trinajstić information content (AvgIpc) is 1.67. The molecule has 724 valence electrons. The highest BCUT2D eigenvalue weighted by molar-refractivity contribution is 7.92. The van der Waals surface area contributed by atoms with E-state index in [1.165, 1.54) is 98.5 Å². The molecule has 39 heteroatoms. The second kappa shape index (κ2) is 54.2. The molecule has 0 radical (unpaired) electrons. The summed E-state index contributed by atoms with van der Waals surface area (Å²) in [6.45, 7) is 21.6. The number of aryl methyl sites for hydroxylation is 12. The maximum atomic E-state index is 12.6. The number of hydrogen-bond acceptors (Lipinski definition) is 20. The fourth-order valence-corrected chi connectivity index (χ4v) is 14.4. The molecule has 0 spiro atoms. The summed E-state index contributed by atoms with van der Waals surface area (Å²) in [6, 6.07) is 71.1. The van der Waals surface area contributed by atoms with Crippen molar-refractivity contribution < 1.29 is 124 Å². The minimum atomic E-state index is -5.23. The van der Waals surface area contributed by atoms with Gasteiger partial charge in [0.05, 0.1) is 78.6 Å². The van der Waals surface area contributed by atoms with Crippen LogP contribution in [0.3, 0.4) is 0 Å². The summed E-state index contributed by atoms with van der Waals surface area (Å²) in [5.74, 6) is -2.15. The van der Waals surface area contributed by atoms with E-state index in [-0.39, 0.29) is 49.4 Å². The molecule has 0 saturated carbocycles. The van der Waals surface area contributed by atoms with Gasteiger partial charge in [0.15, 0.2) is 52.5 Å². The quantitative estimate of drug-likeness (QED) is 0.127. The number of methoxy groups -OCH3 is 2. The van der Waals surface area contributed by atoms with E-state index in [1.54, 1.807) is 140 Å². The highest BCUT2D eigenvalue weighted by Gasteiger charge is 2.47. The lowest BCUT2D eigenvalue weighted by atomic mass is 10.1. The molecule has 20 nitrogen and oxygen atoms in total. The lowest BCUT2D eigenvalue weighted by Crippen LogP contribution is -2.26. The molecule has 0 fully saturated rings. The van der Waals surface area contributed by atoms with Crippen LogP contribution in [0.5, 0.6) is 40.2 Å². The van der Waals surface area contributed by atoms with Gasteiger partial charge in [0.2, 0.25) is 9.84 Å². The Hall–Kier alpha value is -12.4. The first-order valence-electron chi connectivity index (χ1n) is 38.7. The molecule has 0 bridgehead atoms. The monoisotopic (exact) mass is 2040 g/mol. The van der Waals surface area contributed by atoms with E-state index in [0.717, 1.165) is 79.6 Å². The Bertz CT molecular complexity index is 6710. The van der Waals surface area contributed by atoms with Crippen molar-refractivity contribution in [2.24, 2.45) is 0 Å². The van der Waals surface area contributed by atoms with Crippen molar-refractivity contribution in [1.82, 2.24) is 0 Å². The third-order valence-electron chi connectivity index (χ3n) is 17.2. The third-order valence-corrected chi connectivity index (χ3v) is 24.5. The zero-order chi connectivity index (χ0) is 103. The summed E-state index contributed by atoms with van der Waals surface area (Å²) in [5.41, 5.74) is 6.82. The minimum absolute atomic E-state index is 0.0441. The molecule has 1 heterocycles. The van der Waals surface area contributed by atoms with Crippen LogP contribution in [0.1, 0.15) is 83.5 Å². The van der Waals surface area contributed by atoms with Crippen LogP contribution in [0.2, 0.25) is 15.1 Å². The number of benzene rings is 12.